The molecule has 1 aromatic rings. The molecular formula is C8H8F3NS. The molecule has 0 unspecified atom stereocenters. The first kappa shape index (κ1) is 10.4. The van der Waals surface area contributed by atoms with Gasteiger partial charge in [-0.25, -0.2) is 0 Å². The van der Waals surface area contributed by atoms with Crippen LogP contribution < -0.4 is 0 Å². The lowest BCUT2D eigenvalue weighted by Crippen LogP contribution is -2.05. The first-order valence-electron chi connectivity index (χ1n) is 3.55. The highest BCUT2D eigenvalue weighted by Gasteiger charge is 2.30. The molecule has 0 saturated heterocycles. The van der Waals surface area contributed by atoms with Crippen LogP contribution in [0.15, 0.2) is 18.3 Å². The van der Waals surface area contributed by atoms with E-state index in [4.69, 9.17) is 0 Å². The quantitative estimate of drug-likeness (QED) is 0.739. The van der Waals surface area contributed by atoms with Crippen molar-refractivity contribution < 1.29 is 13.2 Å². The van der Waals surface area contributed by atoms with Crippen LogP contribution >= 0.6 is 11.8 Å². The topological polar surface area (TPSA) is 12.9 Å². The number of nitrogens with zero attached hydrogens (tertiary/aromatic N) is 1. The molecule has 5 heteroatoms. The van der Waals surface area contributed by atoms with Crippen LogP contribution in [-0.2, 0) is 11.9 Å². The molecule has 1 rings (SSSR count). The van der Waals surface area contributed by atoms with Gasteiger partial charge in [0.2, 0.25) is 0 Å². The number of pyridine rings is 1. The minimum atomic E-state index is -4.29. The SMILES string of the molecule is CSCc1ccc(C(F)(F)F)cn1. The highest BCUT2D eigenvalue weighted by atomic mass is 32.2. The van der Waals surface area contributed by atoms with Crippen LogP contribution in [0.4, 0.5) is 13.2 Å². The van der Waals surface area contributed by atoms with Gasteiger partial charge in [0, 0.05) is 11.9 Å². The standard InChI is InChI=1S/C8H8F3NS/c1-13-5-7-3-2-6(4-12-7)8(9,10)11/h2-4H,5H2,1H3. The normalized spacial score (nSPS) is 11.7. The van der Waals surface area contributed by atoms with Crippen LogP contribution in [-0.4, -0.2) is 11.2 Å². The summed E-state index contributed by atoms with van der Waals surface area (Å²) in [5.41, 5.74) is -0.0298. The first-order valence-corrected chi connectivity index (χ1v) is 4.94. The summed E-state index contributed by atoms with van der Waals surface area (Å²) in [6.07, 6.45) is -1.55. The van der Waals surface area contributed by atoms with Crippen molar-refractivity contribution in [3.63, 3.8) is 0 Å². The summed E-state index contributed by atoms with van der Waals surface area (Å²) in [7, 11) is 0. The molecule has 0 aliphatic rings. The number of alkyl halides is 3. The number of hydrogen-bond donors (Lipinski definition) is 0. The fourth-order valence-corrected chi connectivity index (χ4v) is 1.29. The van der Waals surface area contributed by atoms with E-state index in [9.17, 15) is 13.2 Å². The van der Waals surface area contributed by atoms with Crippen LogP contribution in [0.3, 0.4) is 0 Å². The van der Waals surface area contributed by atoms with Crippen molar-refractivity contribution in [1.82, 2.24) is 4.98 Å². The van der Waals surface area contributed by atoms with Crippen molar-refractivity contribution in [2.75, 3.05) is 6.26 Å². The molecule has 0 N–H and O–H groups in total. The molecule has 1 heterocycles. The van der Waals surface area contributed by atoms with Gasteiger partial charge in [0.1, 0.15) is 0 Å². The largest absolute Gasteiger partial charge is 0.417 e. The third-order valence-corrected chi connectivity index (χ3v) is 2.03. The van der Waals surface area contributed by atoms with E-state index in [1.165, 1.54) is 17.8 Å². The fraction of sp³-hybridized carbons (Fsp3) is 0.375. The summed E-state index contributed by atoms with van der Waals surface area (Å²) in [5, 5.41) is 0. The van der Waals surface area contributed by atoms with E-state index in [-0.39, 0.29) is 0 Å². The summed E-state index contributed by atoms with van der Waals surface area (Å²) >= 11 is 1.52. The van der Waals surface area contributed by atoms with E-state index >= 15 is 0 Å². The Bertz CT molecular complexity index is 268. The maximum Gasteiger partial charge on any atom is 0.417 e. The van der Waals surface area contributed by atoms with Gasteiger partial charge in [-0.1, -0.05) is 0 Å². The average molecular weight is 207 g/mol. The molecule has 0 fully saturated rings. The lowest BCUT2D eigenvalue weighted by molar-refractivity contribution is -0.137. The molecule has 0 spiro atoms. The lowest BCUT2D eigenvalue weighted by Gasteiger charge is -2.05. The Kier molecular flexibility index (Phi) is 3.19. The summed E-state index contributed by atoms with van der Waals surface area (Å²) < 4.78 is 36.2. The van der Waals surface area contributed by atoms with Gasteiger partial charge in [-0.05, 0) is 18.4 Å². The van der Waals surface area contributed by atoms with E-state index in [0.717, 1.165) is 12.3 Å². The molecule has 0 aliphatic carbocycles. The number of hydrogen-bond acceptors (Lipinski definition) is 2. The molecule has 0 radical (unpaired) electrons. The van der Waals surface area contributed by atoms with Crippen molar-refractivity contribution in [3.05, 3.63) is 29.6 Å². The molecule has 72 valence electrons. The van der Waals surface area contributed by atoms with Gasteiger partial charge in [0.25, 0.3) is 0 Å². The summed E-state index contributed by atoms with van der Waals surface area (Å²) in [4.78, 5) is 3.69. The predicted molar refractivity (Wildman–Crippen MR) is 46.5 cm³/mol. The minimum Gasteiger partial charge on any atom is -0.260 e. The Morgan fingerprint density at radius 1 is 1.38 bits per heavy atom. The van der Waals surface area contributed by atoms with Crippen molar-refractivity contribution in [3.8, 4) is 0 Å². The molecule has 1 nitrogen and oxygen atoms in total. The van der Waals surface area contributed by atoms with Gasteiger partial charge in [-0.3, -0.25) is 4.98 Å². The number of rotatable bonds is 2. The van der Waals surface area contributed by atoms with E-state index in [1.54, 1.807) is 0 Å². The van der Waals surface area contributed by atoms with Gasteiger partial charge in [0.05, 0.1) is 11.3 Å². The number of thioether (sulfide) groups is 1. The Labute approximate surface area is 78.4 Å². The second-order valence-electron chi connectivity index (χ2n) is 2.47. The third-order valence-electron chi connectivity index (χ3n) is 1.44. The molecule has 1 aromatic heterocycles. The maximum atomic E-state index is 12.1. The molecule has 0 bridgehead atoms. The number of halogens is 3. The van der Waals surface area contributed by atoms with Crippen LogP contribution in [0, 0.1) is 0 Å². The minimum absolute atomic E-state index is 0.637. The monoisotopic (exact) mass is 207 g/mol. The summed E-state index contributed by atoms with van der Waals surface area (Å²) in [5.74, 6) is 0.637. The summed E-state index contributed by atoms with van der Waals surface area (Å²) in [6, 6.07) is 2.46. The van der Waals surface area contributed by atoms with E-state index in [0.29, 0.717) is 11.4 Å². The van der Waals surface area contributed by atoms with Crippen molar-refractivity contribution >= 4 is 11.8 Å². The molecule has 0 saturated carbocycles. The molecule has 0 atom stereocenters. The lowest BCUT2D eigenvalue weighted by atomic mass is 10.2. The first-order chi connectivity index (χ1) is 6.04. The van der Waals surface area contributed by atoms with Crippen molar-refractivity contribution in [2.24, 2.45) is 0 Å². The van der Waals surface area contributed by atoms with Gasteiger partial charge >= 0.3 is 6.18 Å². The molecular weight excluding hydrogens is 199 g/mol. The van der Waals surface area contributed by atoms with Gasteiger partial charge < -0.3 is 0 Å². The van der Waals surface area contributed by atoms with Crippen LogP contribution in [0.2, 0.25) is 0 Å². The van der Waals surface area contributed by atoms with Crippen molar-refractivity contribution in [2.45, 2.75) is 11.9 Å². The Balaban J connectivity index is 2.81. The van der Waals surface area contributed by atoms with E-state index < -0.39 is 11.7 Å². The highest BCUT2D eigenvalue weighted by molar-refractivity contribution is 7.97. The highest BCUT2D eigenvalue weighted by Crippen LogP contribution is 2.28. The van der Waals surface area contributed by atoms with Crippen molar-refractivity contribution in [1.29, 1.82) is 0 Å². The average Bonchev–Trinajstić information content (AvgIpc) is 2.04. The van der Waals surface area contributed by atoms with Gasteiger partial charge in [-0.15, -0.1) is 0 Å². The Morgan fingerprint density at radius 3 is 2.46 bits per heavy atom. The van der Waals surface area contributed by atoms with Crippen LogP contribution in [0.5, 0.6) is 0 Å². The zero-order chi connectivity index (χ0) is 9.90. The van der Waals surface area contributed by atoms with Crippen LogP contribution in [0.1, 0.15) is 11.3 Å². The summed E-state index contributed by atoms with van der Waals surface area (Å²) in [6.45, 7) is 0. The second kappa shape index (κ2) is 4.00. The molecule has 13 heavy (non-hydrogen) atoms. The zero-order valence-corrected chi connectivity index (χ0v) is 7.75. The Morgan fingerprint density at radius 2 is 2.08 bits per heavy atom. The number of aromatic nitrogens is 1. The second-order valence-corrected chi connectivity index (χ2v) is 3.34. The fourth-order valence-electron chi connectivity index (χ4n) is 0.825. The zero-order valence-electron chi connectivity index (χ0n) is 6.93. The molecule has 0 aliphatic heterocycles. The van der Waals surface area contributed by atoms with Gasteiger partial charge in [0.15, 0.2) is 0 Å². The molecule has 0 amide bonds. The predicted octanol–water partition coefficient (Wildman–Crippen LogP) is 2.96. The maximum absolute atomic E-state index is 12.1. The third kappa shape index (κ3) is 2.91. The van der Waals surface area contributed by atoms with E-state index in [2.05, 4.69) is 4.98 Å². The smallest absolute Gasteiger partial charge is 0.260 e. The Hall–Kier alpha value is -0.710. The van der Waals surface area contributed by atoms with Gasteiger partial charge in [-0.2, -0.15) is 24.9 Å². The van der Waals surface area contributed by atoms with Crippen LogP contribution in [0.25, 0.3) is 0 Å². The van der Waals surface area contributed by atoms with E-state index in [1.807, 2.05) is 6.26 Å². The molecule has 0 aromatic carbocycles.